The molecule has 6 atom stereocenters. The van der Waals surface area contributed by atoms with Crippen molar-refractivity contribution in [2.24, 2.45) is 0 Å². The molecule has 9 nitrogen and oxygen atoms in total. The molecule has 0 bridgehead atoms. The number of ketones is 1. The maximum absolute atomic E-state index is 12.4. The molecular formula is C37H46O9. The molecule has 4 rings (SSSR count). The molecule has 1 aliphatic rings. The topological polar surface area (TPSA) is 110 Å². The molecule has 1 N–H and O–H groups in total. The van der Waals surface area contributed by atoms with Gasteiger partial charge in [0.05, 0.1) is 45.6 Å². The van der Waals surface area contributed by atoms with Gasteiger partial charge in [-0.2, -0.15) is 0 Å². The molecule has 0 saturated carbocycles. The average molecular weight is 635 g/mol. The Morgan fingerprint density at radius 3 is 1.80 bits per heavy atom. The Morgan fingerprint density at radius 1 is 0.783 bits per heavy atom. The van der Waals surface area contributed by atoms with E-state index >= 15 is 0 Å². The van der Waals surface area contributed by atoms with E-state index in [2.05, 4.69) is 0 Å². The minimum absolute atomic E-state index is 0.0369. The summed E-state index contributed by atoms with van der Waals surface area (Å²) in [5.74, 6) is -0.491. The number of esters is 1. The van der Waals surface area contributed by atoms with Crippen LogP contribution in [0.15, 0.2) is 91.0 Å². The zero-order valence-corrected chi connectivity index (χ0v) is 26.7. The number of benzene rings is 3. The van der Waals surface area contributed by atoms with Gasteiger partial charge in [-0.25, -0.2) is 0 Å². The standard InChI is InChI=1S/C37H46O9/c1-3-31-32(45-35(40)20-19-27(2)39)21-36(46-31)43-26-34(42-24-29-15-9-5-10-16-29)37(44-25-30-17-11-6-12-18-30)33(22-38)41-23-28-13-7-4-8-14-28/h4-18,31-34,36-38H,3,19-26H2,1-2H3/t31-,32?,33?,34?,36-,37?/m1/s1. The number of rotatable bonds is 20. The molecule has 0 amide bonds. The molecular weight excluding hydrogens is 588 g/mol. The zero-order chi connectivity index (χ0) is 32.6. The monoisotopic (exact) mass is 634 g/mol. The zero-order valence-electron chi connectivity index (χ0n) is 26.7. The lowest BCUT2D eigenvalue weighted by molar-refractivity contribution is -0.203. The number of carbonyl (C=O) groups excluding carboxylic acids is 2. The smallest absolute Gasteiger partial charge is 0.306 e. The van der Waals surface area contributed by atoms with Crippen molar-refractivity contribution >= 4 is 11.8 Å². The fourth-order valence-corrected chi connectivity index (χ4v) is 5.24. The summed E-state index contributed by atoms with van der Waals surface area (Å²) in [7, 11) is 0. The third-order valence-electron chi connectivity index (χ3n) is 7.79. The second-order valence-electron chi connectivity index (χ2n) is 11.4. The van der Waals surface area contributed by atoms with Gasteiger partial charge in [-0.1, -0.05) is 97.9 Å². The van der Waals surface area contributed by atoms with Crippen LogP contribution in [0.1, 0.15) is 56.2 Å². The summed E-state index contributed by atoms with van der Waals surface area (Å²) < 4.78 is 37.2. The molecule has 1 heterocycles. The van der Waals surface area contributed by atoms with Gasteiger partial charge < -0.3 is 38.3 Å². The predicted octanol–water partition coefficient (Wildman–Crippen LogP) is 5.56. The van der Waals surface area contributed by atoms with Crippen molar-refractivity contribution in [3.63, 3.8) is 0 Å². The van der Waals surface area contributed by atoms with Crippen molar-refractivity contribution in [1.82, 2.24) is 0 Å². The highest BCUT2D eigenvalue weighted by Crippen LogP contribution is 2.28. The summed E-state index contributed by atoms with van der Waals surface area (Å²) in [6.07, 6.45) is -2.40. The molecule has 248 valence electrons. The molecule has 3 aromatic rings. The Balaban J connectivity index is 1.49. The largest absolute Gasteiger partial charge is 0.459 e. The summed E-state index contributed by atoms with van der Waals surface area (Å²) in [6.45, 7) is 4.03. The Hall–Kier alpha value is -3.44. The Labute approximate surface area is 271 Å². The molecule has 0 spiro atoms. The third-order valence-corrected chi connectivity index (χ3v) is 7.79. The van der Waals surface area contributed by atoms with E-state index in [-0.39, 0.29) is 57.8 Å². The summed E-state index contributed by atoms with van der Waals surface area (Å²) in [4.78, 5) is 23.7. The quantitative estimate of drug-likeness (QED) is 0.160. The van der Waals surface area contributed by atoms with Gasteiger partial charge in [0.1, 0.15) is 30.2 Å². The van der Waals surface area contributed by atoms with Gasteiger partial charge in [0.2, 0.25) is 0 Å². The molecule has 46 heavy (non-hydrogen) atoms. The van der Waals surface area contributed by atoms with Crippen LogP contribution in [-0.2, 0) is 57.8 Å². The summed E-state index contributed by atoms with van der Waals surface area (Å²) in [5.41, 5.74) is 2.91. The highest BCUT2D eigenvalue weighted by molar-refractivity contribution is 5.81. The van der Waals surface area contributed by atoms with Crippen LogP contribution >= 0.6 is 0 Å². The minimum atomic E-state index is -0.726. The SMILES string of the molecule is CC[C@H]1O[C@@H](OCC(OCc2ccccc2)C(OCc2ccccc2)C(CO)OCc2ccccc2)CC1OC(=O)CCC(C)=O. The number of aliphatic hydroxyl groups is 1. The first kappa shape index (κ1) is 35.4. The van der Waals surface area contributed by atoms with Gasteiger partial charge in [-0.3, -0.25) is 4.79 Å². The first-order valence-corrected chi connectivity index (χ1v) is 16.0. The minimum Gasteiger partial charge on any atom is -0.459 e. The average Bonchev–Trinajstić information content (AvgIpc) is 3.48. The van der Waals surface area contributed by atoms with Gasteiger partial charge >= 0.3 is 5.97 Å². The third kappa shape index (κ3) is 11.7. The van der Waals surface area contributed by atoms with Gasteiger partial charge in [0.25, 0.3) is 0 Å². The predicted molar refractivity (Wildman–Crippen MR) is 171 cm³/mol. The molecule has 1 fully saturated rings. The van der Waals surface area contributed by atoms with E-state index in [0.29, 0.717) is 12.8 Å². The summed E-state index contributed by atoms with van der Waals surface area (Å²) in [5, 5.41) is 10.6. The number of hydrogen-bond acceptors (Lipinski definition) is 9. The number of Topliss-reactive ketones (excluding diaryl/α,β-unsaturated/α-hetero) is 1. The van der Waals surface area contributed by atoms with Crippen LogP contribution in [0.4, 0.5) is 0 Å². The molecule has 0 aromatic heterocycles. The van der Waals surface area contributed by atoms with Crippen LogP contribution in [0.3, 0.4) is 0 Å². The molecule has 9 heteroatoms. The fraction of sp³-hybridized carbons (Fsp3) is 0.459. The summed E-state index contributed by atoms with van der Waals surface area (Å²) >= 11 is 0. The van der Waals surface area contributed by atoms with E-state index in [1.807, 2.05) is 97.9 Å². The van der Waals surface area contributed by atoms with E-state index in [9.17, 15) is 14.7 Å². The van der Waals surface area contributed by atoms with Crippen LogP contribution < -0.4 is 0 Å². The van der Waals surface area contributed by atoms with Crippen LogP contribution in [0, 0.1) is 0 Å². The number of ether oxygens (including phenoxy) is 6. The lowest BCUT2D eigenvalue weighted by Gasteiger charge is -2.33. The van der Waals surface area contributed by atoms with Crippen LogP contribution in [-0.4, -0.2) is 66.9 Å². The van der Waals surface area contributed by atoms with Crippen molar-refractivity contribution < 1.29 is 43.1 Å². The van der Waals surface area contributed by atoms with E-state index in [0.717, 1.165) is 16.7 Å². The molecule has 4 unspecified atom stereocenters. The molecule has 0 radical (unpaired) electrons. The first-order valence-electron chi connectivity index (χ1n) is 16.0. The maximum atomic E-state index is 12.4. The Kier molecular flexibility index (Phi) is 14.8. The number of aliphatic hydroxyl groups excluding tert-OH is 1. The van der Waals surface area contributed by atoms with Crippen molar-refractivity contribution in [2.45, 2.75) is 96.2 Å². The van der Waals surface area contributed by atoms with E-state index in [1.54, 1.807) is 0 Å². The van der Waals surface area contributed by atoms with E-state index in [4.69, 9.17) is 28.4 Å². The van der Waals surface area contributed by atoms with Crippen LogP contribution in [0.25, 0.3) is 0 Å². The highest BCUT2D eigenvalue weighted by Gasteiger charge is 2.39. The van der Waals surface area contributed by atoms with Crippen molar-refractivity contribution in [3.05, 3.63) is 108 Å². The summed E-state index contributed by atoms with van der Waals surface area (Å²) in [6, 6.07) is 29.3. The van der Waals surface area contributed by atoms with E-state index < -0.39 is 36.7 Å². The van der Waals surface area contributed by atoms with Crippen molar-refractivity contribution in [2.75, 3.05) is 13.2 Å². The van der Waals surface area contributed by atoms with Gasteiger partial charge in [-0.15, -0.1) is 0 Å². The van der Waals surface area contributed by atoms with Gasteiger partial charge in [-0.05, 0) is 30.0 Å². The normalized spacial score (nSPS) is 19.8. The lowest BCUT2D eigenvalue weighted by Crippen LogP contribution is -2.47. The van der Waals surface area contributed by atoms with Gasteiger partial charge in [0.15, 0.2) is 6.29 Å². The molecule has 1 aliphatic heterocycles. The van der Waals surface area contributed by atoms with Crippen molar-refractivity contribution in [3.8, 4) is 0 Å². The lowest BCUT2D eigenvalue weighted by atomic mass is 10.1. The molecule has 3 aromatic carbocycles. The van der Waals surface area contributed by atoms with Crippen molar-refractivity contribution in [1.29, 1.82) is 0 Å². The molecule has 0 aliphatic carbocycles. The fourth-order valence-electron chi connectivity index (χ4n) is 5.24. The maximum Gasteiger partial charge on any atom is 0.306 e. The second-order valence-corrected chi connectivity index (χ2v) is 11.4. The van der Waals surface area contributed by atoms with Crippen LogP contribution in [0.2, 0.25) is 0 Å². The van der Waals surface area contributed by atoms with E-state index in [1.165, 1.54) is 6.92 Å². The Bertz CT molecular complexity index is 1290. The van der Waals surface area contributed by atoms with Gasteiger partial charge in [0, 0.05) is 12.8 Å². The second kappa shape index (κ2) is 19.3. The van der Waals surface area contributed by atoms with Crippen LogP contribution in [0.5, 0.6) is 0 Å². The number of hydrogen-bond donors (Lipinski definition) is 1. The molecule has 1 saturated heterocycles. The Morgan fingerprint density at radius 2 is 1.30 bits per heavy atom. The first-order chi connectivity index (χ1) is 22.4. The number of carbonyl (C=O) groups is 2. The highest BCUT2D eigenvalue weighted by atomic mass is 16.7.